The fourth-order valence-electron chi connectivity index (χ4n) is 2.18. The van der Waals surface area contributed by atoms with Crippen LogP contribution in [0.25, 0.3) is 21.8 Å². The zero-order valence-electron chi connectivity index (χ0n) is 10.8. The van der Waals surface area contributed by atoms with Crippen molar-refractivity contribution in [2.24, 2.45) is 5.84 Å². The highest BCUT2D eigenvalue weighted by Gasteiger charge is 2.13. The molecular weight excluding hydrogens is 292 g/mol. The number of nitrogens with zero attached hydrogens (tertiary/aromatic N) is 2. The Morgan fingerprint density at radius 2 is 2.05 bits per heavy atom. The number of rotatable bonds is 2. The normalized spacial score (nSPS) is 11.0. The minimum absolute atomic E-state index is 0.218. The van der Waals surface area contributed by atoms with Crippen LogP contribution in [-0.4, -0.2) is 21.8 Å². The second-order valence-corrected chi connectivity index (χ2v) is 4.75. The molecule has 2 aromatic heterocycles. The van der Waals surface area contributed by atoms with E-state index in [4.69, 9.17) is 17.4 Å². The molecule has 21 heavy (non-hydrogen) atoms. The van der Waals surface area contributed by atoms with Crippen molar-refractivity contribution in [3.8, 4) is 0 Å². The summed E-state index contributed by atoms with van der Waals surface area (Å²) in [5, 5.41) is 2.22. The summed E-state index contributed by atoms with van der Waals surface area (Å²) < 4.78 is 0. The molecule has 2 heterocycles. The summed E-state index contributed by atoms with van der Waals surface area (Å²) in [6, 6.07) is 8.78. The van der Waals surface area contributed by atoms with Gasteiger partial charge in [0.15, 0.2) is 0 Å². The molecule has 0 saturated carbocycles. The van der Waals surface area contributed by atoms with Crippen LogP contribution < -0.4 is 16.4 Å². The van der Waals surface area contributed by atoms with Gasteiger partial charge in [0.2, 0.25) is 0 Å². The van der Waals surface area contributed by atoms with Gasteiger partial charge in [0.1, 0.15) is 5.88 Å². The van der Waals surface area contributed by atoms with Crippen molar-refractivity contribution in [1.29, 1.82) is 0 Å². The summed E-state index contributed by atoms with van der Waals surface area (Å²) in [5.41, 5.74) is 1.29. The largest absolute Gasteiger partial charge is 0.320 e. The number of pyridine rings is 2. The highest BCUT2D eigenvalue weighted by molar-refractivity contribution is 6.29. The van der Waals surface area contributed by atoms with Crippen LogP contribution in [0.15, 0.2) is 41.3 Å². The number of aromatic nitrogens is 2. The fourth-order valence-corrected chi connectivity index (χ4v) is 2.31. The number of carbonyl (C=O) groups excluding carboxylic acids is 1. The molecule has 0 bridgehead atoms. The van der Waals surface area contributed by atoms with E-state index < -0.39 is 5.91 Å². The topological polar surface area (TPSA) is 92.1 Å². The minimum Gasteiger partial charge on any atom is -0.320 e. The number of halogens is 1. The maximum atomic E-state index is 12.0. The molecule has 1 amide bonds. The third-order valence-electron chi connectivity index (χ3n) is 3.21. The summed E-state index contributed by atoms with van der Waals surface area (Å²) >= 11 is 5.47. The second kappa shape index (κ2) is 5.16. The number of carbonyl (C=O) groups is 1. The Hall–Kier alpha value is -2.44. The van der Waals surface area contributed by atoms with Gasteiger partial charge in [-0.05, 0) is 12.1 Å². The zero-order valence-corrected chi connectivity index (χ0v) is 11.6. The molecule has 0 aliphatic rings. The van der Waals surface area contributed by atoms with Crippen LogP contribution in [0.2, 0.25) is 0 Å². The molecule has 6 nitrogen and oxygen atoms in total. The van der Waals surface area contributed by atoms with Gasteiger partial charge in [-0.3, -0.25) is 14.6 Å². The first-order valence-corrected chi connectivity index (χ1v) is 6.69. The lowest BCUT2D eigenvalue weighted by atomic mass is 10.1. The molecule has 7 heteroatoms. The van der Waals surface area contributed by atoms with Crippen LogP contribution in [0.1, 0.15) is 0 Å². The maximum absolute atomic E-state index is 12.0. The predicted octanol–water partition coefficient (Wildman–Crippen LogP) is 1.52. The van der Waals surface area contributed by atoms with Crippen LogP contribution >= 0.6 is 11.6 Å². The number of nitrogens with two attached hydrogens (primary N) is 1. The van der Waals surface area contributed by atoms with E-state index >= 15 is 0 Å². The molecule has 0 aliphatic heterocycles. The number of hydrogen-bond donors (Lipinski definition) is 2. The van der Waals surface area contributed by atoms with Gasteiger partial charge < -0.3 is 4.98 Å². The Balaban J connectivity index is 2.26. The minimum atomic E-state index is -0.457. The van der Waals surface area contributed by atoms with E-state index in [1.54, 1.807) is 18.2 Å². The van der Waals surface area contributed by atoms with Gasteiger partial charge >= 0.3 is 0 Å². The molecule has 0 unspecified atom stereocenters. The monoisotopic (exact) mass is 302 g/mol. The third-order valence-corrected chi connectivity index (χ3v) is 3.44. The highest BCUT2D eigenvalue weighted by atomic mass is 35.5. The van der Waals surface area contributed by atoms with Crippen molar-refractivity contribution in [1.82, 2.24) is 9.97 Å². The highest BCUT2D eigenvalue weighted by Crippen LogP contribution is 2.22. The fraction of sp³-hybridized carbons (Fsp3) is 0.0714. The molecule has 0 atom stereocenters. The molecule has 106 valence electrons. The average Bonchev–Trinajstić information content (AvgIpc) is 2.53. The molecule has 3 rings (SSSR count). The van der Waals surface area contributed by atoms with E-state index in [9.17, 15) is 9.59 Å². The smallest absolute Gasteiger partial charge is 0.256 e. The lowest BCUT2D eigenvalue weighted by molar-refractivity contribution is -0.116. The molecule has 0 fully saturated rings. The van der Waals surface area contributed by atoms with Gasteiger partial charge in [0, 0.05) is 10.8 Å². The molecule has 0 radical (unpaired) electrons. The second-order valence-electron chi connectivity index (χ2n) is 4.49. The van der Waals surface area contributed by atoms with E-state index in [1.807, 2.05) is 12.1 Å². The lowest BCUT2D eigenvalue weighted by Crippen LogP contribution is -2.38. The summed E-state index contributed by atoms with van der Waals surface area (Å²) in [7, 11) is 0. The number of aromatic amines is 1. The summed E-state index contributed by atoms with van der Waals surface area (Å²) in [6.07, 6.45) is 1.47. The molecular formula is C14H11ClN4O2. The van der Waals surface area contributed by atoms with Gasteiger partial charge in [-0.15, -0.1) is 11.6 Å². The lowest BCUT2D eigenvalue weighted by Gasteiger charge is -2.15. The van der Waals surface area contributed by atoms with Crippen molar-refractivity contribution in [3.05, 3.63) is 46.9 Å². The Labute approximate surface area is 124 Å². The van der Waals surface area contributed by atoms with Gasteiger partial charge in [-0.1, -0.05) is 18.2 Å². The molecule has 3 aromatic rings. The van der Waals surface area contributed by atoms with Gasteiger partial charge in [0.25, 0.3) is 11.5 Å². The number of nitrogens with one attached hydrogen (secondary N) is 1. The number of fused-ring (bicyclic) bond motifs is 3. The molecule has 0 spiro atoms. The van der Waals surface area contributed by atoms with E-state index in [0.29, 0.717) is 22.1 Å². The van der Waals surface area contributed by atoms with Crippen molar-refractivity contribution in [3.63, 3.8) is 0 Å². The van der Waals surface area contributed by atoms with Gasteiger partial charge in [0.05, 0.1) is 22.9 Å². The van der Waals surface area contributed by atoms with Crippen LogP contribution in [0.4, 0.5) is 5.69 Å². The van der Waals surface area contributed by atoms with Gasteiger partial charge in [-0.25, -0.2) is 10.9 Å². The number of benzene rings is 1. The number of H-pyrrole nitrogens is 1. The van der Waals surface area contributed by atoms with Crippen molar-refractivity contribution >= 4 is 45.0 Å². The van der Waals surface area contributed by atoms with Gasteiger partial charge in [-0.2, -0.15) is 0 Å². The van der Waals surface area contributed by atoms with Crippen LogP contribution in [0.5, 0.6) is 0 Å². The van der Waals surface area contributed by atoms with E-state index in [-0.39, 0.29) is 11.4 Å². The first kappa shape index (κ1) is 13.5. The van der Waals surface area contributed by atoms with E-state index in [1.165, 1.54) is 6.20 Å². The average molecular weight is 303 g/mol. The third kappa shape index (κ3) is 2.24. The Bertz CT molecular complexity index is 906. The van der Waals surface area contributed by atoms with E-state index in [0.717, 1.165) is 10.4 Å². The molecule has 3 N–H and O–H groups in total. The van der Waals surface area contributed by atoms with Crippen molar-refractivity contribution in [2.75, 3.05) is 10.9 Å². The summed E-state index contributed by atoms with van der Waals surface area (Å²) in [5.74, 6) is 4.97. The Morgan fingerprint density at radius 3 is 2.76 bits per heavy atom. The number of anilines is 1. The first-order chi connectivity index (χ1) is 10.1. The summed E-state index contributed by atoms with van der Waals surface area (Å²) in [6.45, 7) is 0. The summed E-state index contributed by atoms with van der Waals surface area (Å²) in [4.78, 5) is 30.6. The van der Waals surface area contributed by atoms with Crippen molar-refractivity contribution < 1.29 is 4.79 Å². The quantitative estimate of drug-likeness (QED) is 0.247. The molecule has 0 aliphatic carbocycles. The van der Waals surface area contributed by atoms with Crippen LogP contribution in [-0.2, 0) is 4.79 Å². The van der Waals surface area contributed by atoms with Crippen LogP contribution in [0.3, 0.4) is 0 Å². The maximum Gasteiger partial charge on any atom is 0.256 e. The predicted molar refractivity (Wildman–Crippen MR) is 82.3 cm³/mol. The number of alkyl halides is 1. The van der Waals surface area contributed by atoms with E-state index in [2.05, 4.69) is 9.97 Å². The Kier molecular flexibility index (Phi) is 3.32. The SMILES string of the molecule is NN(C(=O)CCl)c1cnc2c(c1)[nH]c(=O)c1ccccc12. The number of hydrazine groups is 1. The number of amides is 1. The standard InChI is InChI=1S/C14H11ClN4O2/c15-6-12(20)19(16)8-5-11-13(17-7-8)9-3-1-2-4-10(9)14(21)18-11/h1-5,7H,6,16H2,(H,18,21). The Morgan fingerprint density at radius 1 is 1.33 bits per heavy atom. The first-order valence-electron chi connectivity index (χ1n) is 6.16. The molecule has 1 aromatic carbocycles. The molecule has 0 saturated heterocycles. The zero-order chi connectivity index (χ0) is 15.0. The van der Waals surface area contributed by atoms with Crippen LogP contribution in [0, 0.1) is 0 Å². The van der Waals surface area contributed by atoms with Crippen molar-refractivity contribution in [2.45, 2.75) is 0 Å². The number of hydrogen-bond acceptors (Lipinski definition) is 4.